The van der Waals surface area contributed by atoms with Gasteiger partial charge in [0.2, 0.25) is 10.0 Å². The van der Waals surface area contributed by atoms with Gasteiger partial charge in [-0.05, 0) is 12.0 Å². The highest BCUT2D eigenvalue weighted by Crippen LogP contribution is 2.29. The third-order valence-electron chi connectivity index (χ3n) is 4.82. The minimum absolute atomic E-state index is 0.0383. The van der Waals surface area contributed by atoms with Crippen LogP contribution in [0.1, 0.15) is 96.8 Å². The molecule has 0 saturated carbocycles. The van der Waals surface area contributed by atoms with Gasteiger partial charge in [-0.25, -0.2) is 8.42 Å². The zero-order chi connectivity index (χ0) is 18.4. The molecule has 0 N–H and O–H groups in total. The highest BCUT2D eigenvalue weighted by molar-refractivity contribution is 7.90. The molecule has 0 aromatic rings. The van der Waals surface area contributed by atoms with E-state index < -0.39 is 10.0 Å². The summed E-state index contributed by atoms with van der Waals surface area (Å²) in [6.07, 6.45) is 17.9. The van der Waals surface area contributed by atoms with Crippen molar-refractivity contribution in [2.45, 2.75) is 109 Å². The zero-order valence-electron chi connectivity index (χ0n) is 15.7. The van der Waals surface area contributed by atoms with Gasteiger partial charge in [-0.1, -0.05) is 90.4 Å². The van der Waals surface area contributed by atoms with E-state index in [0.717, 1.165) is 12.8 Å². The van der Waals surface area contributed by atoms with Crippen LogP contribution < -0.4 is 0 Å². The van der Waals surface area contributed by atoms with E-state index in [2.05, 4.69) is 16.4 Å². The first kappa shape index (κ1) is 22.3. The summed E-state index contributed by atoms with van der Waals surface area (Å²) in [4.78, 5) is 2.33. The van der Waals surface area contributed by atoms with E-state index in [-0.39, 0.29) is 18.0 Å². The van der Waals surface area contributed by atoms with Gasteiger partial charge in [0.25, 0.3) is 0 Å². The van der Waals surface area contributed by atoms with Crippen molar-refractivity contribution in [3.8, 4) is 0 Å². The molecule has 0 aromatic heterocycles. The van der Waals surface area contributed by atoms with Crippen LogP contribution in [0.4, 0.5) is 0 Å². The molecule has 1 rings (SSSR count). The van der Waals surface area contributed by atoms with E-state index in [9.17, 15) is 8.42 Å². The van der Waals surface area contributed by atoms with Crippen molar-refractivity contribution >= 4 is 10.0 Å². The molecule has 0 aliphatic carbocycles. The Balaban J connectivity index is 1.82. The fourth-order valence-corrected chi connectivity index (χ4v) is 4.13. The molecule has 6 nitrogen and oxygen atoms in total. The van der Waals surface area contributed by atoms with Gasteiger partial charge in [-0.3, -0.25) is 0 Å². The molecule has 0 spiro atoms. The Morgan fingerprint density at radius 2 is 1.32 bits per heavy atom. The number of ether oxygens (including phenoxy) is 1. The van der Waals surface area contributed by atoms with Crippen LogP contribution in [0.5, 0.6) is 0 Å². The van der Waals surface area contributed by atoms with Crippen LogP contribution in [0.15, 0.2) is 4.52 Å². The smallest absolute Gasteiger partial charge is 0.238 e. The van der Waals surface area contributed by atoms with Crippen LogP contribution in [-0.4, -0.2) is 26.4 Å². The van der Waals surface area contributed by atoms with Gasteiger partial charge in [-0.2, -0.15) is 0 Å². The van der Waals surface area contributed by atoms with E-state index in [1.807, 2.05) is 0 Å². The van der Waals surface area contributed by atoms with Crippen molar-refractivity contribution < 1.29 is 13.2 Å². The van der Waals surface area contributed by atoms with Crippen LogP contribution in [0.25, 0.3) is 10.4 Å². The van der Waals surface area contributed by atoms with Gasteiger partial charge in [-0.15, -0.1) is 0 Å². The Hall–Kier alpha value is -0.780. The van der Waals surface area contributed by atoms with Crippen molar-refractivity contribution in [2.75, 3.05) is 5.75 Å². The molecule has 1 aliphatic rings. The second-order valence-corrected chi connectivity index (χ2v) is 8.82. The Morgan fingerprint density at radius 1 is 0.840 bits per heavy atom. The van der Waals surface area contributed by atoms with Gasteiger partial charge < -0.3 is 4.74 Å². The Bertz CT molecular complexity index is 490. The second-order valence-electron chi connectivity index (χ2n) is 7.16. The molecule has 2 atom stereocenters. The number of epoxide rings is 1. The Labute approximate surface area is 153 Å². The number of hydrogen-bond acceptors (Lipinski definition) is 3. The molecule has 1 fully saturated rings. The number of azide groups is 1. The second kappa shape index (κ2) is 13.4. The SMILES string of the molecule is CCCCCCCCCCCCCCCC1OC1CS(=O)(=O)N=[N+]=[N-]. The quantitative estimate of drug-likeness (QED) is 0.105. The highest BCUT2D eigenvalue weighted by Gasteiger charge is 2.41. The van der Waals surface area contributed by atoms with Crippen LogP contribution in [0, 0.1) is 0 Å². The number of unbranched alkanes of at least 4 members (excludes halogenated alkanes) is 12. The van der Waals surface area contributed by atoms with E-state index in [4.69, 9.17) is 10.3 Å². The summed E-state index contributed by atoms with van der Waals surface area (Å²) in [7, 11) is -3.68. The zero-order valence-corrected chi connectivity index (χ0v) is 16.6. The third-order valence-corrected chi connectivity index (χ3v) is 5.89. The number of sulfonamides is 1. The van der Waals surface area contributed by atoms with Gasteiger partial charge in [0.15, 0.2) is 0 Å². The summed E-state index contributed by atoms with van der Waals surface area (Å²) in [6.45, 7) is 2.26. The van der Waals surface area contributed by atoms with Crippen molar-refractivity contribution in [2.24, 2.45) is 4.52 Å². The summed E-state index contributed by atoms with van der Waals surface area (Å²) in [5, 5.41) is 0. The molecule has 0 amide bonds. The van der Waals surface area contributed by atoms with Crippen molar-refractivity contribution in [3.05, 3.63) is 10.4 Å². The first-order chi connectivity index (χ1) is 12.1. The number of nitrogens with zero attached hydrogens (tertiary/aromatic N) is 3. The largest absolute Gasteiger partial charge is 0.368 e. The lowest BCUT2D eigenvalue weighted by Crippen LogP contribution is -2.10. The first-order valence-electron chi connectivity index (χ1n) is 10.0. The Kier molecular flexibility index (Phi) is 12.0. The lowest BCUT2D eigenvalue weighted by molar-refractivity contribution is 0.364. The molecule has 0 aromatic carbocycles. The first-order valence-corrected chi connectivity index (χ1v) is 11.6. The van der Waals surface area contributed by atoms with Crippen LogP contribution in [0.3, 0.4) is 0 Å². The highest BCUT2D eigenvalue weighted by atomic mass is 32.2. The minimum atomic E-state index is -3.68. The molecule has 25 heavy (non-hydrogen) atoms. The van der Waals surface area contributed by atoms with E-state index in [0.29, 0.717) is 0 Å². The predicted octanol–water partition coefficient (Wildman–Crippen LogP) is 5.88. The lowest BCUT2D eigenvalue weighted by Gasteiger charge is -2.02. The van der Waals surface area contributed by atoms with Gasteiger partial charge >= 0.3 is 0 Å². The maximum atomic E-state index is 11.3. The summed E-state index contributed by atoms with van der Waals surface area (Å²) >= 11 is 0. The maximum absolute atomic E-state index is 11.3. The predicted molar refractivity (Wildman–Crippen MR) is 102 cm³/mol. The normalized spacial score (nSPS) is 19.6. The van der Waals surface area contributed by atoms with Gasteiger partial charge in [0.05, 0.1) is 18.0 Å². The standard InChI is InChI=1S/C18H35N3O3S/c1-2-3-4-5-6-7-8-9-10-11-12-13-14-15-17-18(24-17)16-25(22,23)21-20-19/h17-18H,2-16H2,1H3. The molecule has 1 aliphatic heterocycles. The summed E-state index contributed by atoms with van der Waals surface area (Å²) < 4.78 is 30.8. The van der Waals surface area contributed by atoms with E-state index >= 15 is 0 Å². The van der Waals surface area contributed by atoms with Gasteiger partial charge in [0.1, 0.15) is 0 Å². The number of rotatable bonds is 17. The number of hydrogen-bond donors (Lipinski definition) is 0. The molecule has 146 valence electrons. The average Bonchev–Trinajstić information content (AvgIpc) is 3.28. The van der Waals surface area contributed by atoms with Crippen LogP contribution >= 0.6 is 0 Å². The third kappa shape index (κ3) is 12.2. The van der Waals surface area contributed by atoms with Crippen molar-refractivity contribution in [3.63, 3.8) is 0 Å². The average molecular weight is 374 g/mol. The van der Waals surface area contributed by atoms with E-state index in [1.165, 1.54) is 77.0 Å². The monoisotopic (exact) mass is 373 g/mol. The summed E-state index contributed by atoms with van der Waals surface area (Å²) in [5.41, 5.74) is 8.18. The molecule has 0 bridgehead atoms. The summed E-state index contributed by atoms with van der Waals surface area (Å²) in [5.74, 6) is -0.180. The molecule has 1 heterocycles. The lowest BCUT2D eigenvalue weighted by atomic mass is 10.0. The van der Waals surface area contributed by atoms with Crippen molar-refractivity contribution in [1.29, 1.82) is 0 Å². The molecule has 7 heteroatoms. The van der Waals surface area contributed by atoms with Gasteiger partial charge in [0, 0.05) is 9.43 Å². The van der Waals surface area contributed by atoms with E-state index in [1.54, 1.807) is 0 Å². The fraction of sp³-hybridized carbons (Fsp3) is 1.00. The minimum Gasteiger partial charge on any atom is -0.368 e. The van der Waals surface area contributed by atoms with Crippen molar-refractivity contribution in [1.82, 2.24) is 0 Å². The fourth-order valence-electron chi connectivity index (χ4n) is 3.24. The molecular weight excluding hydrogens is 338 g/mol. The Morgan fingerprint density at radius 3 is 1.80 bits per heavy atom. The topological polar surface area (TPSA) is 95.4 Å². The van der Waals surface area contributed by atoms with Crippen LogP contribution in [0.2, 0.25) is 0 Å². The molecular formula is C18H35N3O3S. The molecule has 2 unspecified atom stereocenters. The molecule has 0 radical (unpaired) electrons. The summed E-state index contributed by atoms with van der Waals surface area (Å²) in [6, 6.07) is 0. The maximum Gasteiger partial charge on any atom is 0.238 e. The molecule has 1 saturated heterocycles. The van der Waals surface area contributed by atoms with Crippen LogP contribution in [-0.2, 0) is 14.8 Å².